The summed E-state index contributed by atoms with van der Waals surface area (Å²) >= 11 is 0. The Hall–Kier alpha value is -2.88. The second-order valence-corrected chi connectivity index (χ2v) is 7.27. The first-order chi connectivity index (χ1) is 13.0. The molecule has 1 atom stereocenters. The van der Waals surface area contributed by atoms with Crippen molar-refractivity contribution in [3.63, 3.8) is 0 Å². The van der Waals surface area contributed by atoms with E-state index < -0.39 is 0 Å². The topological polar surface area (TPSA) is 46.9 Å². The van der Waals surface area contributed by atoms with E-state index in [1.807, 2.05) is 67.1 Å². The molecule has 0 aliphatic heterocycles. The fraction of sp³-hybridized carbons (Fsp3) is 0.304. The minimum atomic E-state index is 0.00322. The molecule has 3 aromatic rings. The fourth-order valence-electron chi connectivity index (χ4n) is 3.43. The summed E-state index contributed by atoms with van der Waals surface area (Å²) in [5.41, 5.74) is 5.04. The van der Waals surface area contributed by atoms with E-state index >= 15 is 0 Å². The summed E-state index contributed by atoms with van der Waals surface area (Å²) in [6.45, 7) is 8.24. The van der Waals surface area contributed by atoms with Crippen molar-refractivity contribution in [1.29, 1.82) is 0 Å². The second kappa shape index (κ2) is 8.21. The summed E-state index contributed by atoms with van der Waals surface area (Å²) in [6.07, 6.45) is 0.334. The van der Waals surface area contributed by atoms with E-state index in [2.05, 4.69) is 36.4 Å². The molecule has 3 rings (SSSR count). The first kappa shape index (κ1) is 18.9. The largest absolute Gasteiger partial charge is 0.349 e. The van der Waals surface area contributed by atoms with E-state index in [-0.39, 0.29) is 11.9 Å². The highest BCUT2D eigenvalue weighted by Crippen LogP contribution is 2.23. The maximum Gasteiger partial charge on any atom is 0.225 e. The van der Waals surface area contributed by atoms with Gasteiger partial charge in [0.25, 0.3) is 0 Å². The minimum Gasteiger partial charge on any atom is -0.349 e. The van der Waals surface area contributed by atoms with Crippen LogP contribution in [0.15, 0.2) is 60.7 Å². The van der Waals surface area contributed by atoms with Gasteiger partial charge in [0, 0.05) is 11.3 Å². The Kier molecular flexibility index (Phi) is 5.75. The Morgan fingerprint density at radius 1 is 1.00 bits per heavy atom. The number of carbonyl (C=O) groups excluding carboxylic acids is 1. The van der Waals surface area contributed by atoms with E-state index in [0.717, 1.165) is 28.2 Å². The molecule has 2 aromatic carbocycles. The average molecular weight is 361 g/mol. The maximum atomic E-state index is 12.8. The van der Waals surface area contributed by atoms with Gasteiger partial charge in [-0.25, -0.2) is 4.68 Å². The van der Waals surface area contributed by atoms with E-state index in [9.17, 15) is 4.79 Å². The molecule has 27 heavy (non-hydrogen) atoms. The molecule has 0 aliphatic rings. The van der Waals surface area contributed by atoms with Gasteiger partial charge in [0.1, 0.15) is 0 Å². The monoisotopic (exact) mass is 361 g/mol. The molecular weight excluding hydrogens is 334 g/mol. The van der Waals surface area contributed by atoms with Crippen LogP contribution in [-0.2, 0) is 11.2 Å². The molecule has 0 radical (unpaired) electrons. The van der Waals surface area contributed by atoms with E-state index in [0.29, 0.717) is 12.3 Å². The van der Waals surface area contributed by atoms with Gasteiger partial charge in [-0.3, -0.25) is 4.79 Å². The molecule has 0 aliphatic carbocycles. The van der Waals surface area contributed by atoms with Gasteiger partial charge in [0.05, 0.1) is 23.8 Å². The average Bonchev–Trinajstić information content (AvgIpc) is 2.95. The molecule has 1 aromatic heterocycles. The lowest BCUT2D eigenvalue weighted by Crippen LogP contribution is -2.33. The lowest BCUT2D eigenvalue weighted by Gasteiger charge is -2.23. The van der Waals surface area contributed by atoms with Crippen molar-refractivity contribution >= 4 is 5.91 Å². The van der Waals surface area contributed by atoms with Crippen molar-refractivity contribution in [2.24, 2.45) is 5.92 Å². The number of rotatable bonds is 6. The third-order valence-electron chi connectivity index (χ3n) is 4.92. The molecule has 1 amide bonds. The quantitative estimate of drug-likeness (QED) is 0.700. The standard InChI is InChI=1S/C23H27N3O/c1-16(2)23(19-11-7-5-8-12-19)24-22(27)15-21-17(3)25-26(18(21)4)20-13-9-6-10-14-20/h5-14,16,23H,15H2,1-4H3,(H,24,27). The van der Waals surface area contributed by atoms with Crippen molar-refractivity contribution in [1.82, 2.24) is 15.1 Å². The van der Waals surface area contributed by atoms with Gasteiger partial charge in [-0.15, -0.1) is 0 Å². The van der Waals surface area contributed by atoms with Crippen LogP contribution in [0, 0.1) is 19.8 Å². The smallest absolute Gasteiger partial charge is 0.225 e. The number of aromatic nitrogens is 2. The van der Waals surface area contributed by atoms with Crippen LogP contribution in [0.25, 0.3) is 5.69 Å². The second-order valence-electron chi connectivity index (χ2n) is 7.27. The first-order valence-corrected chi connectivity index (χ1v) is 9.42. The van der Waals surface area contributed by atoms with Crippen molar-refractivity contribution in [3.05, 3.63) is 83.2 Å². The molecule has 0 saturated heterocycles. The highest BCUT2D eigenvalue weighted by Gasteiger charge is 2.21. The van der Waals surface area contributed by atoms with Gasteiger partial charge < -0.3 is 5.32 Å². The molecule has 0 fully saturated rings. The predicted molar refractivity (Wildman–Crippen MR) is 109 cm³/mol. The van der Waals surface area contributed by atoms with Crippen LogP contribution in [0.5, 0.6) is 0 Å². The number of nitrogens with one attached hydrogen (secondary N) is 1. The number of benzene rings is 2. The zero-order chi connectivity index (χ0) is 19.4. The molecule has 140 valence electrons. The Morgan fingerprint density at radius 2 is 1.59 bits per heavy atom. The Labute approximate surface area is 161 Å². The van der Waals surface area contributed by atoms with Gasteiger partial charge >= 0.3 is 0 Å². The lowest BCUT2D eigenvalue weighted by molar-refractivity contribution is -0.121. The van der Waals surface area contributed by atoms with Crippen molar-refractivity contribution in [2.45, 2.75) is 40.2 Å². The van der Waals surface area contributed by atoms with Crippen LogP contribution in [0.4, 0.5) is 0 Å². The van der Waals surface area contributed by atoms with E-state index in [4.69, 9.17) is 0 Å². The molecular formula is C23H27N3O. The lowest BCUT2D eigenvalue weighted by atomic mass is 9.95. The van der Waals surface area contributed by atoms with E-state index in [1.54, 1.807) is 0 Å². The Morgan fingerprint density at radius 3 is 2.19 bits per heavy atom. The van der Waals surface area contributed by atoms with E-state index in [1.165, 1.54) is 0 Å². The number of hydrogen-bond donors (Lipinski definition) is 1. The van der Waals surface area contributed by atoms with Crippen LogP contribution in [0.3, 0.4) is 0 Å². The molecule has 1 unspecified atom stereocenters. The normalized spacial score (nSPS) is 12.2. The van der Waals surface area contributed by atoms with Crippen molar-refractivity contribution in [3.8, 4) is 5.69 Å². The molecule has 0 bridgehead atoms. The molecule has 0 saturated carbocycles. The highest BCUT2D eigenvalue weighted by molar-refractivity contribution is 5.79. The predicted octanol–water partition coefficient (Wildman–Crippen LogP) is 4.55. The molecule has 4 heteroatoms. The van der Waals surface area contributed by atoms with Crippen LogP contribution in [-0.4, -0.2) is 15.7 Å². The first-order valence-electron chi connectivity index (χ1n) is 9.42. The Balaban J connectivity index is 1.79. The minimum absolute atomic E-state index is 0.00322. The number of nitrogens with zero attached hydrogens (tertiary/aromatic N) is 2. The van der Waals surface area contributed by atoms with Gasteiger partial charge in [0.15, 0.2) is 0 Å². The summed E-state index contributed by atoms with van der Waals surface area (Å²) < 4.78 is 1.91. The van der Waals surface area contributed by atoms with Crippen molar-refractivity contribution < 1.29 is 4.79 Å². The number of para-hydroxylation sites is 1. The summed E-state index contributed by atoms with van der Waals surface area (Å²) in [4.78, 5) is 12.8. The number of aryl methyl sites for hydroxylation is 1. The fourth-order valence-corrected chi connectivity index (χ4v) is 3.43. The van der Waals surface area contributed by atoms with Gasteiger partial charge in [-0.2, -0.15) is 5.10 Å². The molecule has 1 heterocycles. The summed E-state index contributed by atoms with van der Waals surface area (Å²) in [5, 5.41) is 7.85. The van der Waals surface area contributed by atoms with Crippen molar-refractivity contribution in [2.75, 3.05) is 0 Å². The summed E-state index contributed by atoms with van der Waals surface area (Å²) in [5.74, 6) is 0.335. The zero-order valence-electron chi connectivity index (χ0n) is 16.4. The maximum absolute atomic E-state index is 12.8. The number of amides is 1. The number of carbonyl (C=O) groups is 1. The van der Waals surface area contributed by atoms with Crippen LogP contribution in [0.1, 0.15) is 42.4 Å². The number of hydrogen-bond acceptors (Lipinski definition) is 2. The summed E-state index contributed by atoms with van der Waals surface area (Å²) in [7, 11) is 0. The zero-order valence-corrected chi connectivity index (χ0v) is 16.4. The molecule has 1 N–H and O–H groups in total. The summed E-state index contributed by atoms with van der Waals surface area (Å²) in [6, 6.07) is 20.2. The van der Waals surface area contributed by atoms with Gasteiger partial charge in [-0.1, -0.05) is 62.4 Å². The SMILES string of the molecule is Cc1nn(-c2ccccc2)c(C)c1CC(=O)NC(c1ccccc1)C(C)C. The Bertz CT molecular complexity index is 898. The molecule has 4 nitrogen and oxygen atoms in total. The highest BCUT2D eigenvalue weighted by atomic mass is 16.1. The van der Waals surface area contributed by atoms with Gasteiger partial charge in [0.2, 0.25) is 5.91 Å². The van der Waals surface area contributed by atoms with Crippen LogP contribution < -0.4 is 5.32 Å². The third kappa shape index (κ3) is 4.27. The third-order valence-corrected chi connectivity index (χ3v) is 4.92. The molecule has 0 spiro atoms. The van der Waals surface area contributed by atoms with Crippen LogP contribution in [0.2, 0.25) is 0 Å². The van der Waals surface area contributed by atoms with Gasteiger partial charge in [-0.05, 0) is 37.5 Å². The van der Waals surface area contributed by atoms with Crippen LogP contribution >= 0.6 is 0 Å².